The van der Waals surface area contributed by atoms with Gasteiger partial charge in [-0.25, -0.2) is 0 Å². The summed E-state index contributed by atoms with van der Waals surface area (Å²) in [5, 5.41) is 19.9. The lowest BCUT2D eigenvalue weighted by atomic mass is 9.96. The summed E-state index contributed by atoms with van der Waals surface area (Å²) in [5.74, 6) is -0.405. The molecule has 0 unspecified atom stereocenters. The third-order valence-corrected chi connectivity index (χ3v) is 11.9. The van der Waals surface area contributed by atoms with Crippen molar-refractivity contribution in [2.24, 2.45) is 0 Å². The summed E-state index contributed by atoms with van der Waals surface area (Å²) in [6.45, 7) is 2.02. The van der Waals surface area contributed by atoms with Gasteiger partial charge < -0.3 is 20.9 Å². The molecular weight excluding hydrogens is 749 g/mol. The number of carbonyl (C=O) groups is 2. The SMILES string of the molecule is CN(CCc1ccc2ccccc2c1)C1=C(NCCc2ccc3ccccc3c2)C(=O)C(NCCc2ccc3ccccc3c2)=C(NCCc2ccc3ccccc3c2)C1=O. The highest BCUT2D eigenvalue weighted by Crippen LogP contribution is 2.26. The van der Waals surface area contributed by atoms with Crippen LogP contribution < -0.4 is 16.0 Å². The number of hydrogen-bond acceptors (Lipinski definition) is 6. The molecule has 0 bridgehead atoms. The number of likely N-dealkylation sites (N-methyl/N-ethyl adjacent to an activating group) is 1. The molecular formula is C55H50N4O2. The molecule has 0 amide bonds. The number of rotatable bonds is 16. The molecule has 1 aliphatic carbocycles. The largest absolute Gasteiger partial charge is 0.380 e. The van der Waals surface area contributed by atoms with E-state index in [4.69, 9.17) is 0 Å². The summed E-state index contributed by atoms with van der Waals surface area (Å²) in [7, 11) is 1.93. The number of carbonyl (C=O) groups excluding carboxylic acids is 2. The fourth-order valence-corrected chi connectivity index (χ4v) is 8.54. The molecule has 0 aromatic heterocycles. The van der Waals surface area contributed by atoms with E-state index in [2.05, 4.69) is 168 Å². The standard InChI is InChI=1S/C55H50N4O2/c1-59(33-29-41-21-25-45-13-5-9-17-49(45)37-41)53-52(58-32-28-40-20-24-44-12-4-8-16-48(44)36-40)54(60)50(56-30-26-38-18-22-42-10-2-6-14-46(42)34-38)51(55(53)61)57-31-27-39-19-23-43-11-3-7-15-47(43)35-39/h2-25,34-37,56-58H,26-33H2,1H3. The van der Waals surface area contributed by atoms with Crippen LogP contribution in [0.15, 0.2) is 193 Å². The number of hydrogen-bond donors (Lipinski definition) is 3. The van der Waals surface area contributed by atoms with Gasteiger partial charge in [-0.1, -0.05) is 170 Å². The van der Waals surface area contributed by atoms with Crippen molar-refractivity contribution in [1.82, 2.24) is 20.9 Å². The predicted molar refractivity (Wildman–Crippen MR) is 251 cm³/mol. The van der Waals surface area contributed by atoms with Gasteiger partial charge in [-0.15, -0.1) is 0 Å². The lowest BCUT2D eigenvalue weighted by Crippen LogP contribution is -2.45. The topological polar surface area (TPSA) is 73.5 Å². The number of nitrogens with one attached hydrogen (secondary N) is 3. The molecule has 302 valence electrons. The van der Waals surface area contributed by atoms with Gasteiger partial charge in [0.05, 0.1) is 0 Å². The molecule has 0 atom stereocenters. The molecule has 0 heterocycles. The number of Topliss-reactive ketones (excluding diaryl/α,β-unsaturated/α-hetero) is 2. The minimum atomic E-state index is -0.211. The van der Waals surface area contributed by atoms with E-state index in [0.717, 1.165) is 16.7 Å². The van der Waals surface area contributed by atoms with Gasteiger partial charge in [0, 0.05) is 33.2 Å². The van der Waals surface area contributed by atoms with Crippen LogP contribution in [0.25, 0.3) is 43.1 Å². The molecule has 9 rings (SSSR count). The zero-order valence-corrected chi connectivity index (χ0v) is 34.6. The second kappa shape index (κ2) is 18.0. The van der Waals surface area contributed by atoms with Gasteiger partial charge in [0.15, 0.2) is 0 Å². The lowest BCUT2D eigenvalue weighted by Gasteiger charge is -2.31. The van der Waals surface area contributed by atoms with Crippen LogP contribution >= 0.6 is 0 Å². The third kappa shape index (κ3) is 8.90. The van der Waals surface area contributed by atoms with E-state index in [-0.39, 0.29) is 11.6 Å². The maximum Gasteiger partial charge on any atom is 0.229 e. The fourth-order valence-electron chi connectivity index (χ4n) is 8.54. The molecule has 0 radical (unpaired) electrons. The smallest absolute Gasteiger partial charge is 0.229 e. The van der Waals surface area contributed by atoms with Crippen molar-refractivity contribution in [3.63, 3.8) is 0 Å². The van der Waals surface area contributed by atoms with Crippen molar-refractivity contribution in [3.05, 3.63) is 215 Å². The second-order valence-electron chi connectivity index (χ2n) is 16.1. The van der Waals surface area contributed by atoms with Crippen LogP contribution in [0.3, 0.4) is 0 Å². The van der Waals surface area contributed by atoms with Crippen LogP contribution in [-0.4, -0.2) is 49.7 Å². The summed E-state index contributed by atoms with van der Waals surface area (Å²) in [6.07, 6.45) is 2.78. The normalized spacial score (nSPS) is 13.1. The van der Waals surface area contributed by atoms with Crippen molar-refractivity contribution in [2.75, 3.05) is 33.2 Å². The van der Waals surface area contributed by atoms with E-state index >= 15 is 4.79 Å². The molecule has 6 nitrogen and oxygen atoms in total. The zero-order valence-electron chi connectivity index (χ0n) is 34.6. The van der Waals surface area contributed by atoms with E-state index in [0.29, 0.717) is 74.7 Å². The number of fused-ring (bicyclic) bond motifs is 4. The van der Waals surface area contributed by atoms with Crippen molar-refractivity contribution >= 4 is 54.7 Å². The van der Waals surface area contributed by atoms with Crippen molar-refractivity contribution in [2.45, 2.75) is 25.7 Å². The first-order valence-corrected chi connectivity index (χ1v) is 21.4. The van der Waals surface area contributed by atoms with E-state index < -0.39 is 0 Å². The molecule has 6 heteroatoms. The second-order valence-corrected chi connectivity index (χ2v) is 16.1. The van der Waals surface area contributed by atoms with E-state index in [9.17, 15) is 4.79 Å². The first kappa shape index (κ1) is 39.3. The summed E-state index contributed by atoms with van der Waals surface area (Å²) in [6, 6.07) is 59.3. The molecule has 0 saturated carbocycles. The Morgan fingerprint density at radius 1 is 0.361 bits per heavy atom. The van der Waals surface area contributed by atoms with Crippen molar-refractivity contribution < 1.29 is 9.59 Å². The molecule has 0 fully saturated rings. The predicted octanol–water partition coefficient (Wildman–Crippen LogP) is 9.85. The number of nitrogens with zero attached hydrogens (tertiary/aromatic N) is 1. The zero-order chi connectivity index (χ0) is 41.5. The lowest BCUT2D eigenvalue weighted by molar-refractivity contribution is -0.118. The monoisotopic (exact) mass is 798 g/mol. The molecule has 1 aliphatic rings. The minimum Gasteiger partial charge on any atom is -0.380 e. The Kier molecular flexibility index (Phi) is 11.6. The van der Waals surface area contributed by atoms with Crippen LogP contribution in [0.1, 0.15) is 22.3 Å². The Morgan fingerprint density at radius 3 is 1.05 bits per heavy atom. The summed E-state index contributed by atoms with van der Waals surface area (Å²) in [5.41, 5.74) is 6.00. The van der Waals surface area contributed by atoms with Gasteiger partial charge >= 0.3 is 0 Å². The Bertz CT molecular complexity index is 2980. The van der Waals surface area contributed by atoms with Crippen molar-refractivity contribution in [1.29, 1.82) is 0 Å². The van der Waals surface area contributed by atoms with Crippen LogP contribution in [0.4, 0.5) is 0 Å². The first-order valence-electron chi connectivity index (χ1n) is 21.4. The third-order valence-electron chi connectivity index (χ3n) is 11.9. The molecule has 8 aromatic rings. The minimum absolute atomic E-state index is 0.194. The Morgan fingerprint density at radius 2 is 0.672 bits per heavy atom. The number of benzene rings is 8. The highest BCUT2D eigenvalue weighted by Gasteiger charge is 2.36. The maximum absolute atomic E-state index is 15.0. The summed E-state index contributed by atoms with van der Waals surface area (Å²) >= 11 is 0. The molecule has 0 aliphatic heterocycles. The van der Waals surface area contributed by atoms with Crippen LogP contribution in [0.2, 0.25) is 0 Å². The molecule has 0 saturated heterocycles. The van der Waals surface area contributed by atoms with E-state index in [1.54, 1.807) is 0 Å². The summed E-state index contributed by atoms with van der Waals surface area (Å²) in [4.78, 5) is 32.0. The quantitative estimate of drug-likeness (QED) is 0.0846. The fraction of sp³-hybridized carbons (Fsp3) is 0.164. The van der Waals surface area contributed by atoms with Gasteiger partial charge in [0.25, 0.3) is 0 Å². The van der Waals surface area contributed by atoms with Gasteiger partial charge in [0.2, 0.25) is 11.6 Å². The first-order chi connectivity index (χ1) is 30.0. The Hall–Kier alpha value is -7.18. The average molecular weight is 799 g/mol. The van der Waals surface area contributed by atoms with Crippen LogP contribution in [0, 0.1) is 0 Å². The molecule has 8 aromatic carbocycles. The van der Waals surface area contributed by atoms with E-state index in [1.807, 2.05) is 30.1 Å². The van der Waals surface area contributed by atoms with Gasteiger partial charge in [0.1, 0.15) is 22.8 Å². The molecule has 61 heavy (non-hydrogen) atoms. The van der Waals surface area contributed by atoms with Crippen LogP contribution in [-0.2, 0) is 35.3 Å². The van der Waals surface area contributed by atoms with Crippen LogP contribution in [0.5, 0.6) is 0 Å². The van der Waals surface area contributed by atoms with Crippen molar-refractivity contribution in [3.8, 4) is 0 Å². The molecule has 3 N–H and O–H groups in total. The highest BCUT2D eigenvalue weighted by molar-refractivity contribution is 6.24. The average Bonchev–Trinajstić information content (AvgIpc) is 3.30. The van der Waals surface area contributed by atoms with Gasteiger partial charge in [-0.05, 0) is 91.0 Å². The van der Waals surface area contributed by atoms with Gasteiger partial charge in [-0.3, -0.25) is 9.59 Å². The van der Waals surface area contributed by atoms with E-state index in [1.165, 1.54) is 48.7 Å². The number of ketones is 2. The van der Waals surface area contributed by atoms with Gasteiger partial charge in [-0.2, -0.15) is 0 Å². The Labute approximate surface area is 357 Å². The maximum atomic E-state index is 15.0. The highest BCUT2D eigenvalue weighted by atomic mass is 16.1. The Balaban J connectivity index is 1.00. The summed E-state index contributed by atoms with van der Waals surface area (Å²) < 4.78 is 0. The molecule has 0 spiro atoms.